The summed E-state index contributed by atoms with van der Waals surface area (Å²) < 4.78 is 11.5. The van der Waals surface area contributed by atoms with Crippen molar-refractivity contribution in [1.82, 2.24) is 15.3 Å². The zero-order valence-corrected chi connectivity index (χ0v) is 12.7. The highest BCUT2D eigenvalue weighted by Gasteiger charge is 2.27. The molecule has 6 nitrogen and oxygen atoms in total. The minimum atomic E-state index is -0.153. The third-order valence-electron chi connectivity index (χ3n) is 4.43. The summed E-state index contributed by atoms with van der Waals surface area (Å²) in [5.74, 6) is 1.57. The summed E-state index contributed by atoms with van der Waals surface area (Å²) in [5, 5.41) is 3.00. The van der Waals surface area contributed by atoms with Crippen molar-refractivity contribution < 1.29 is 14.3 Å². The molecule has 1 aliphatic carbocycles. The van der Waals surface area contributed by atoms with Crippen LogP contribution in [-0.2, 0) is 17.6 Å². The van der Waals surface area contributed by atoms with Gasteiger partial charge in [0.2, 0.25) is 5.91 Å². The molecule has 2 atom stereocenters. The number of carbonyl (C=O) groups is 1. The Balaban J connectivity index is 1.31. The van der Waals surface area contributed by atoms with Crippen LogP contribution < -0.4 is 14.8 Å². The molecule has 0 spiro atoms. The molecule has 0 radical (unpaired) electrons. The molecule has 4 rings (SSSR count). The summed E-state index contributed by atoms with van der Waals surface area (Å²) in [6.45, 7) is 0.909. The number of H-pyrrole nitrogens is 1. The number of nitrogens with zero attached hydrogens (tertiary/aromatic N) is 1. The van der Waals surface area contributed by atoms with Crippen LogP contribution in [0.1, 0.15) is 17.8 Å². The van der Waals surface area contributed by atoms with Crippen LogP contribution in [0.4, 0.5) is 0 Å². The molecule has 1 aromatic heterocycles. The second kappa shape index (κ2) is 5.95. The average molecular weight is 313 g/mol. The number of amides is 1. The summed E-state index contributed by atoms with van der Waals surface area (Å²) >= 11 is 0. The fourth-order valence-electron chi connectivity index (χ4n) is 3.15. The molecule has 1 aliphatic heterocycles. The van der Waals surface area contributed by atoms with Crippen LogP contribution in [0.15, 0.2) is 30.6 Å². The lowest BCUT2D eigenvalue weighted by atomic mass is 9.89. The lowest BCUT2D eigenvalue weighted by Gasteiger charge is -2.27. The second-order valence-electron chi connectivity index (χ2n) is 6.01. The van der Waals surface area contributed by atoms with Crippen molar-refractivity contribution in [1.29, 1.82) is 0 Å². The molecule has 0 saturated carbocycles. The first-order chi connectivity index (χ1) is 11.3. The largest absolute Gasteiger partial charge is 0.486 e. The molecular weight excluding hydrogens is 294 g/mol. The van der Waals surface area contributed by atoms with Crippen LogP contribution in [0.2, 0.25) is 0 Å². The Hall–Kier alpha value is -2.50. The number of nitrogens with one attached hydrogen (secondary N) is 2. The number of aryl methyl sites for hydroxylation is 1. The highest BCUT2D eigenvalue weighted by molar-refractivity contribution is 5.79. The Labute approximate surface area is 134 Å². The fraction of sp³-hybridized carbons (Fsp3) is 0.412. The topological polar surface area (TPSA) is 76.2 Å². The number of aromatic nitrogens is 2. The van der Waals surface area contributed by atoms with Gasteiger partial charge in [-0.15, -0.1) is 0 Å². The summed E-state index contributed by atoms with van der Waals surface area (Å²) in [6, 6.07) is 7.59. The smallest absolute Gasteiger partial charge is 0.223 e. The monoisotopic (exact) mass is 313 g/mol. The first kappa shape index (κ1) is 14.1. The number of hydrogen-bond donors (Lipinski definition) is 2. The van der Waals surface area contributed by atoms with Crippen molar-refractivity contribution in [2.24, 2.45) is 5.92 Å². The van der Waals surface area contributed by atoms with Crippen molar-refractivity contribution in [3.05, 3.63) is 42.0 Å². The summed E-state index contributed by atoms with van der Waals surface area (Å²) in [4.78, 5) is 19.8. The normalized spacial score (nSPS) is 22.3. The van der Waals surface area contributed by atoms with Crippen LogP contribution in [0, 0.1) is 5.92 Å². The van der Waals surface area contributed by atoms with E-state index in [9.17, 15) is 4.79 Å². The third kappa shape index (κ3) is 2.88. The van der Waals surface area contributed by atoms with Gasteiger partial charge in [0.1, 0.15) is 12.7 Å². The van der Waals surface area contributed by atoms with Crippen LogP contribution in [0.3, 0.4) is 0 Å². The number of fused-ring (bicyclic) bond motifs is 2. The maximum absolute atomic E-state index is 12.4. The molecule has 0 saturated heterocycles. The first-order valence-electron chi connectivity index (χ1n) is 7.97. The first-order valence-corrected chi connectivity index (χ1v) is 7.97. The van der Waals surface area contributed by atoms with Crippen LogP contribution in [0.5, 0.6) is 11.5 Å². The van der Waals surface area contributed by atoms with Gasteiger partial charge in [0, 0.05) is 18.0 Å². The van der Waals surface area contributed by atoms with Gasteiger partial charge < -0.3 is 19.8 Å². The number of rotatable bonds is 3. The fourth-order valence-corrected chi connectivity index (χ4v) is 3.15. The molecule has 6 heteroatoms. The Bertz CT molecular complexity index is 713. The van der Waals surface area contributed by atoms with E-state index in [-0.39, 0.29) is 17.9 Å². The molecule has 2 aliphatic rings. The molecule has 23 heavy (non-hydrogen) atoms. The van der Waals surface area contributed by atoms with Crippen LogP contribution in [0.25, 0.3) is 0 Å². The number of para-hydroxylation sites is 2. The number of ether oxygens (including phenoxy) is 2. The molecule has 1 aromatic carbocycles. The van der Waals surface area contributed by atoms with Gasteiger partial charge in [0.05, 0.1) is 18.6 Å². The number of hydrogen-bond acceptors (Lipinski definition) is 4. The lowest BCUT2D eigenvalue weighted by molar-refractivity contribution is -0.125. The van der Waals surface area contributed by atoms with E-state index in [4.69, 9.17) is 9.47 Å². The van der Waals surface area contributed by atoms with Gasteiger partial charge in [0.25, 0.3) is 0 Å². The van der Waals surface area contributed by atoms with Gasteiger partial charge >= 0.3 is 0 Å². The minimum Gasteiger partial charge on any atom is -0.486 e. The number of carbonyl (C=O) groups excluding carboxylic acids is 1. The Morgan fingerprint density at radius 2 is 2.22 bits per heavy atom. The Morgan fingerprint density at radius 3 is 3.13 bits per heavy atom. The highest BCUT2D eigenvalue weighted by Crippen LogP contribution is 2.30. The molecule has 2 aromatic rings. The molecule has 120 valence electrons. The standard InChI is InChI=1S/C17H19N3O3/c21-17(11-5-6-13-14(7-11)20-10-19-13)18-8-12-9-22-15-3-1-2-4-16(15)23-12/h1-4,10-12H,5-9H2,(H,18,21)(H,19,20). The van der Waals surface area contributed by atoms with Crippen molar-refractivity contribution in [3.8, 4) is 11.5 Å². The lowest BCUT2D eigenvalue weighted by Crippen LogP contribution is -2.43. The summed E-state index contributed by atoms with van der Waals surface area (Å²) in [7, 11) is 0. The maximum Gasteiger partial charge on any atom is 0.223 e. The van der Waals surface area contributed by atoms with E-state index >= 15 is 0 Å². The van der Waals surface area contributed by atoms with E-state index in [2.05, 4.69) is 15.3 Å². The second-order valence-corrected chi connectivity index (χ2v) is 6.01. The highest BCUT2D eigenvalue weighted by atomic mass is 16.6. The summed E-state index contributed by atoms with van der Waals surface area (Å²) in [6.07, 6.45) is 3.98. The van der Waals surface area contributed by atoms with E-state index < -0.39 is 0 Å². The van der Waals surface area contributed by atoms with Gasteiger partial charge in [-0.3, -0.25) is 4.79 Å². The zero-order valence-electron chi connectivity index (χ0n) is 12.7. The van der Waals surface area contributed by atoms with E-state index in [0.717, 1.165) is 42.1 Å². The van der Waals surface area contributed by atoms with E-state index in [0.29, 0.717) is 13.2 Å². The number of imidazole rings is 1. The van der Waals surface area contributed by atoms with Gasteiger partial charge in [-0.1, -0.05) is 12.1 Å². The van der Waals surface area contributed by atoms with Crippen molar-refractivity contribution in [2.45, 2.75) is 25.4 Å². The predicted molar refractivity (Wildman–Crippen MR) is 83.5 cm³/mol. The molecule has 2 N–H and O–H groups in total. The van der Waals surface area contributed by atoms with Gasteiger partial charge in [-0.25, -0.2) is 4.98 Å². The van der Waals surface area contributed by atoms with E-state index in [1.807, 2.05) is 24.3 Å². The molecular formula is C17H19N3O3. The maximum atomic E-state index is 12.4. The zero-order chi connectivity index (χ0) is 15.6. The predicted octanol–water partition coefficient (Wildman–Crippen LogP) is 1.47. The molecule has 0 fully saturated rings. The molecule has 2 unspecified atom stereocenters. The van der Waals surface area contributed by atoms with E-state index in [1.54, 1.807) is 6.33 Å². The van der Waals surface area contributed by atoms with Gasteiger partial charge in [0.15, 0.2) is 11.5 Å². The molecule has 1 amide bonds. The van der Waals surface area contributed by atoms with Crippen LogP contribution >= 0.6 is 0 Å². The Kier molecular flexibility index (Phi) is 3.65. The van der Waals surface area contributed by atoms with Crippen molar-refractivity contribution >= 4 is 5.91 Å². The quantitative estimate of drug-likeness (QED) is 0.900. The number of aromatic amines is 1. The summed E-state index contributed by atoms with van der Waals surface area (Å²) in [5.41, 5.74) is 2.18. The SMILES string of the molecule is O=C(NCC1COc2ccccc2O1)C1CCc2nc[nH]c2C1. The number of benzene rings is 1. The van der Waals surface area contributed by atoms with E-state index in [1.165, 1.54) is 0 Å². The minimum absolute atomic E-state index is 0.000236. The van der Waals surface area contributed by atoms with Gasteiger partial charge in [-0.05, 0) is 25.0 Å². The van der Waals surface area contributed by atoms with Crippen LogP contribution in [-0.4, -0.2) is 35.1 Å². The van der Waals surface area contributed by atoms with Gasteiger partial charge in [-0.2, -0.15) is 0 Å². The molecule has 0 bridgehead atoms. The Morgan fingerprint density at radius 1 is 1.35 bits per heavy atom. The van der Waals surface area contributed by atoms with Crippen molar-refractivity contribution in [2.75, 3.05) is 13.2 Å². The van der Waals surface area contributed by atoms with Crippen molar-refractivity contribution in [3.63, 3.8) is 0 Å². The molecule has 2 heterocycles. The third-order valence-corrected chi connectivity index (χ3v) is 4.43. The average Bonchev–Trinajstić information content (AvgIpc) is 3.07.